The van der Waals surface area contributed by atoms with E-state index < -0.39 is 18.0 Å². The lowest BCUT2D eigenvalue weighted by atomic mass is 10.1. The van der Waals surface area contributed by atoms with Gasteiger partial charge in [-0.1, -0.05) is 0 Å². The number of phenols is 1. The summed E-state index contributed by atoms with van der Waals surface area (Å²) < 4.78 is 15.0. The van der Waals surface area contributed by atoms with Crippen LogP contribution >= 0.6 is 0 Å². The second-order valence-corrected chi connectivity index (χ2v) is 4.55. The van der Waals surface area contributed by atoms with Gasteiger partial charge < -0.3 is 19.0 Å². The largest absolute Gasteiger partial charge is 0.508 e. The maximum Gasteiger partial charge on any atom is 0.347 e. The van der Waals surface area contributed by atoms with Crippen LogP contribution in [0.5, 0.6) is 5.75 Å². The van der Waals surface area contributed by atoms with E-state index in [0.29, 0.717) is 17.6 Å². The first-order valence-corrected chi connectivity index (χ1v) is 6.19. The number of esters is 2. The fourth-order valence-corrected chi connectivity index (χ4v) is 2.15. The molecule has 1 aromatic carbocycles. The average molecular weight is 276 g/mol. The number of ether oxygens (including phenoxy) is 2. The number of aromatic hydroxyl groups is 1. The van der Waals surface area contributed by atoms with Gasteiger partial charge >= 0.3 is 11.9 Å². The van der Waals surface area contributed by atoms with Crippen LogP contribution in [0.1, 0.15) is 12.0 Å². The minimum atomic E-state index is -0.801. The summed E-state index contributed by atoms with van der Waals surface area (Å²) in [6.45, 7) is 0.282. The van der Waals surface area contributed by atoms with E-state index >= 15 is 0 Å². The van der Waals surface area contributed by atoms with Crippen LogP contribution in [0, 0.1) is 0 Å². The van der Waals surface area contributed by atoms with Crippen molar-refractivity contribution in [2.45, 2.75) is 18.9 Å². The molecule has 0 aliphatic carbocycles. The van der Waals surface area contributed by atoms with Crippen molar-refractivity contribution in [3.05, 3.63) is 30.0 Å². The zero-order valence-corrected chi connectivity index (χ0v) is 10.5. The average Bonchev–Trinajstić information content (AvgIpc) is 2.97. The summed E-state index contributed by atoms with van der Waals surface area (Å²) >= 11 is 0. The normalized spacial score (nSPS) is 18.2. The van der Waals surface area contributed by atoms with E-state index in [1.165, 1.54) is 18.4 Å². The fraction of sp³-hybridized carbons (Fsp3) is 0.286. The maximum atomic E-state index is 11.8. The number of cyclic esters (lactones) is 1. The van der Waals surface area contributed by atoms with Gasteiger partial charge in [0.1, 0.15) is 11.3 Å². The Morgan fingerprint density at radius 1 is 1.45 bits per heavy atom. The Kier molecular flexibility index (Phi) is 3.06. The van der Waals surface area contributed by atoms with Gasteiger partial charge in [0, 0.05) is 23.4 Å². The molecule has 104 valence electrons. The van der Waals surface area contributed by atoms with Crippen molar-refractivity contribution < 1.29 is 28.6 Å². The summed E-state index contributed by atoms with van der Waals surface area (Å²) in [5, 5.41) is 10.1. The summed E-state index contributed by atoms with van der Waals surface area (Å²) in [4.78, 5) is 23.0. The third-order valence-corrected chi connectivity index (χ3v) is 3.14. The highest BCUT2D eigenvalue weighted by Crippen LogP contribution is 2.25. The van der Waals surface area contributed by atoms with Gasteiger partial charge in [0.15, 0.2) is 0 Å². The highest BCUT2D eigenvalue weighted by Gasteiger charge is 2.30. The molecule has 1 aromatic heterocycles. The number of carbonyl (C=O) groups is 2. The van der Waals surface area contributed by atoms with Crippen molar-refractivity contribution in [3.8, 4) is 5.75 Å². The first-order valence-electron chi connectivity index (χ1n) is 6.19. The highest BCUT2D eigenvalue weighted by atomic mass is 16.6. The second-order valence-electron chi connectivity index (χ2n) is 4.55. The van der Waals surface area contributed by atoms with Gasteiger partial charge in [-0.3, -0.25) is 4.79 Å². The van der Waals surface area contributed by atoms with E-state index in [1.54, 1.807) is 6.07 Å². The summed E-state index contributed by atoms with van der Waals surface area (Å²) in [6, 6.07) is 4.65. The number of furan rings is 1. The molecule has 1 aliphatic rings. The number of hydrogen-bond donors (Lipinski definition) is 1. The van der Waals surface area contributed by atoms with Crippen LogP contribution in [0.25, 0.3) is 11.0 Å². The molecule has 2 aromatic rings. The number of rotatable bonds is 3. The molecular weight excluding hydrogens is 264 g/mol. The van der Waals surface area contributed by atoms with Crippen molar-refractivity contribution in [1.82, 2.24) is 0 Å². The van der Waals surface area contributed by atoms with Gasteiger partial charge in [0.05, 0.1) is 19.3 Å². The van der Waals surface area contributed by atoms with Crippen LogP contribution in [-0.4, -0.2) is 29.8 Å². The monoisotopic (exact) mass is 276 g/mol. The summed E-state index contributed by atoms with van der Waals surface area (Å²) in [7, 11) is 0. The number of benzene rings is 1. The molecule has 1 saturated heterocycles. The van der Waals surface area contributed by atoms with Crippen LogP contribution in [0.15, 0.2) is 28.9 Å². The molecule has 0 spiro atoms. The zero-order chi connectivity index (χ0) is 14.1. The fourth-order valence-electron chi connectivity index (χ4n) is 2.15. The van der Waals surface area contributed by atoms with Crippen LogP contribution in [-0.2, 0) is 25.5 Å². The molecule has 6 heteroatoms. The number of phenolic OH excluding ortho intramolecular Hbond substituents is 1. The van der Waals surface area contributed by atoms with E-state index in [-0.39, 0.29) is 18.8 Å². The standard InChI is InChI=1S/C14H12O6/c15-9-1-2-10-8(7-19-12(10)6-9)5-13(16)20-11-3-4-18-14(11)17/h1-2,6-7,11,15H,3-5H2/t11-/m1/s1. The third-order valence-electron chi connectivity index (χ3n) is 3.14. The van der Waals surface area contributed by atoms with E-state index in [2.05, 4.69) is 0 Å². The second kappa shape index (κ2) is 4.88. The van der Waals surface area contributed by atoms with Gasteiger partial charge in [-0.15, -0.1) is 0 Å². The lowest BCUT2D eigenvalue weighted by Crippen LogP contribution is -2.23. The minimum Gasteiger partial charge on any atom is -0.508 e. The Balaban J connectivity index is 1.72. The first-order chi connectivity index (χ1) is 9.63. The Morgan fingerprint density at radius 2 is 2.30 bits per heavy atom. The molecule has 3 rings (SSSR count). The van der Waals surface area contributed by atoms with Crippen LogP contribution < -0.4 is 0 Å². The summed E-state index contributed by atoms with van der Waals surface area (Å²) in [5.41, 5.74) is 1.14. The van der Waals surface area contributed by atoms with Crippen molar-refractivity contribution in [2.75, 3.05) is 6.61 Å². The van der Waals surface area contributed by atoms with Crippen molar-refractivity contribution in [2.24, 2.45) is 0 Å². The van der Waals surface area contributed by atoms with Gasteiger partial charge in [-0.25, -0.2) is 4.79 Å². The van der Waals surface area contributed by atoms with Crippen molar-refractivity contribution in [1.29, 1.82) is 0 Å². The van der Waals surface area contributed by atoms with E-state index in [1.807, 2.05) is 0 Å². The molecule has 0 amide bonds. The lowest BCUT2D eigenvalue weighted by molar-refractivity contribution is -0.159. The molecule has 0 bridgehead atoms. The molecule has 2 heterocycles. The van der Waals surface area contributed by atoms with Crippen LogP contribution in [0.2, 0.25) is 0 Å². The van der Waals surface area contributed by atoms with Crippen molar-refractivity contribution in [3.63, 3.8) is 0 Å². The molecule has 20 heavy (non-hydrogen) atoms. The third kappa shape index (κ3) is 2.32. The summed E-state index contributed by atoms with van der Waals surface area (Å²) in [6.07, 6.45) is 1.04. The van der Waals surface area contributed by atoms with Gasteiger partial charge in [0.25, 0.3) is 0 Å². The minimum absolute atomic E-state index is 0.00154. The van der Waals surface area contributed by atoms with Gasteiger partial charge in [-0.05, 0) is 12.1 Å². The van der Waals surface area contributed by atoms with Gasteiger partial charge in [-0.2, -0.15) is 0 Å². The number of hydrogen-bond acceptors (Lipinski definition) is 6. The molecule has 0 radical (unpaired) electrons. The topological polar surface area (TPSA) is 86.0 Å². The highest BCUT2D eigenvalue weighted by molar-refractivity contribution is 5.87. The lowest BCUT2D eigenvalue weighted by Gasteiger charge is -2.07. The Bertz CT molecular complexity index is 671. The van der Waals surface area contributed by atoms with E-state index in [4.69, 9.17) is 13.9 Å². The van der Waals surface area contributed by atoms with Crippen LogP contribution in [0.4, 0.5) is 0 Å². The molecule has 1 N–H and O–H groups in total. The Morgan fingerprint density at radius 3 is 3.05 bits per heavy atom. The SMILES string of the molecule is O=C(Cc1coc2cc(O)ccc12)O[C@@H]1CCOC1=O. The van der Waals surface area contributed by atoms with E-state index in [9.17, 15) is 14.7 Å². The summed E-state index contributed by atoms with van der Waals surface area (Å²) in [5.74, 6) is -0.917. The predicted molar refractivity (Wildman–Crippen MR) is 67.0 cm³/mol. The molecule has 1 fully saturated rings. The molecule has 0 saturated carbocycles. The Labute approximate surface area is 113 Å². The van der Waals surface area contributed by atoms with E-state index in [0.717, 1.165) is 5.39 Å². The van der Waals surface area contributed by atoms with Crippen LogP contribution in [0.3, 0.4) is 0 Å². The maximum absolute atomic E-state index is 11.8. The molecular formula is C14H12O6. The molecule has 1 aliphatic heterocycles. The molecule has 1 atom stereocenters. The van der Waals surface area contributed by atoms with Gasteiger partial charge in [0.2, 0.25) is 6.10 Å². The van der Waals surface area contributed by atoms with Crippen molar-refractivity contribution >= 4 is 22.9 Å². The number of fused-ring (bicyclic) bond motifs is 1. The zero-order valence-electron chi connectivity index (χ0n) is 10.5. The molecule has 0 unspecified atom stereocenters. The smallest absolute Gasteiger partial charge is 0.347 e. The predicted octanol–water partition coefficient (Wildman–Crippen LogP) is 1.54. The number of carbonyl (C=O) groups excluding carboxylic acids is 2. The quantitative estimate of drug-likeness (QED) is 0.856. The first kappa shape index (κ1) is 12.5. The molecule has 6 nitrogen and oxygen atoms in total. The Hall–Kier alpha value is -2.50.